The molecule has 0 unspecified atom stereocenters. The number of hydrogen-bond donors (Lipinski definition) is 1. The molecule has 13 heavy (non-hydrogen) atoms. The smallest absolute Gasteiger partial charge is 0.0498 e. The van der Waals surface area contributed by atoms with Crippen molar-refractivity contribution in [3.8, 4) is 0 Å². The molecule has 2 nitrogen and oxygen atoms in total. The van der Waals surface area contributed by atoms with E-state index >= 15 is 0 Å². The third-order valence-electron chi connectivity index (χ3n) is 2.01. The second-order valence-corrected chi connectivity index (χ2v) is 4.45. The monoisotopic (exact) mass is 178 g/mol. The number of nitrogens with two attached hydrogens (primary N) is 1. The fraction of sp³-hybridized carbons (Fsp3) is 0.545. The average molecular weight is 178 g/mol. The minimum atomic E-state index is 0.0141. The molecule has 0 spiro atoms. The van der Waals surface area contributed by atoms with Gasteiger partial charge in [0, 0.05) is 23.0 Å². The van der Waals surface area contributed by atoms with Crippen LogP contribution in [0.2, 0.25) is 0 Å². The van der Waals surface area contributed by atoms with Gasteiger partial charge in [-0.05, 0) is 5.92 Å². The molecule has 0 radical (unpaired) electrons. The Labute approximate surface area is 80.2 Å². The van der Waals surface area contributed by atoms with Crippen LogP contribution in [0.25, 0.3) is 0 Å². The van der Waals surface area contributed by atoms with Crippen LogP contribution in [-0.4, -0.2) is 6.21 Å². The molecule has 0 aliphatic carbocycles. The fourth-order valence-electron chi connectivity index (χ4n) is 1.39. The van der Waals surface area contributed by atoms with Crippen molar-refractivity contribution in [2.75, 3.05) is 0 Å². The Morgan fingerprint density at radius 2 is 1.92 bits per heavy atom. The van der Waals surface area contributed by atoms with Crippen molar-refractivity contribution < 1.29 is 0 Å². The van der Waals surface area contributed by atoms with E-state index in [1.54, 1.807) is 6.21 Å². The zero-order chi connectivity index (χ0) is 10.1. The molecule has 0 aromatic carbocycles. The van der Waals surface area contributed by atoms with Gasteiger partial charge in [-0.1, -0.05) is 39.8 Å². The van der Waals surface area contributed by atoms with E-state index in [0.717, 1.165) is 11.4 Å². The zero-order valence-electron chi connectivity index (χ0n) is 8.83. The number of allylic oxidation sites excluding steroid dienone is 4. The normalized spacial score (nSPS) is 21.0. The van der Waals surface area contributed by atoms with E-state index in [4.69, 9.17) is 5.73 Å². The van der Waals surface area contributed by atoms with Crippen molar-refractivity contribution in [1.29, 1.82) is 0 Å². The highest BCUT2D eigenvalue weighted by molar-refractivity contribution is 5.79. The molecule has 0 amide bonds. The van der Waals surface area contributed by atoms with E-state index in [-0.39, 0.29) is 5.41 Å². The third-order valence-corrected chi connectivity index (χ3v) is 2.01. The number of aliphatic imine (C=N–C) groups is 1. The summed E-state index contributed by atoms with van der Waals surface area (Å²) in [5, 5.41) is 0. The van der Waals surface area contributed by atoms with Crippen molar-refractivity contribution >= 4 is 6.21 Å². The predicted molar refractivity (Wildman–Crippen MR) is 57.5 cm³/mol. The van der Waals surface area contributed by atoms with Gasteiger partial charge in [-0.15, -0.1) is 0 Å². The molecule has 1 rings (SSSR count). The highest BCUT2D eigenvalue weighted by Crippen LogP contribution is 2.27. The van der Waals surface area contributed by atoms with Crippen molar-refractivity contribution in [3.05, 3.63) is 23.5 Å². The lowest BCUT2D eigenvalue weighted by atomic mass is 9.90. The van der Waals surface area contributed by atoms with Crippen molar-refractivity contribution in [3.63, 3.8) is 0 Å². The highest BCUT2D eigenvalue weighted by Gasteiger charge is 2.16. The predicted octanol–water partition coefficient (Wildman–Crippen LogP) is 2.48. The average Bonchev–Trinajstić information content (AvgIpc) is 2.07. The van der Waals surface area contributed by atoms with Gasteiger partial charge in [-0.2, -0.15) is 0 Å². The van der Waals surface area contributed by atoms with Crippen molar-refractivity contribution in [2.45, 2.75) is 27.7 Å². The molecule has 1 aliphatic heterocycles. The Hall–Kier alpha value is -1.05. The van der Waals surface area contributed by atoms with Crippen LogP contribution >= 0.6 is 0 Å². The van der Waals surface area contributed by atoms with E-state index in [9.17, 15) is 0 Å². The SMILES string of the molecule is CC(C)C1=CC(C)(C)C=C(N)C=N1. The molecule has 0 aromatic rings. The Morgan fingerprint density at radius 1 is 1.31 bits per heavy atom. The molecule has 0 saturated heterocycles. The number of rotatable bonds is 1. The van der Waals surface area contributed by atoms with Gasteiger partial charge in [0.25, 0.3) is 0 Å². The number of nitrogens with zero attached hydrogens (tertiary/aromatic N) is 1. The van der Waals surface area contributed by atoms with Crippen LogP contribution in [0.4, 0.5) is 0 Å². The Bertz CT molecular complexity index is 280. The lowest BCUT2D eigenvalue weighted by Gasteiger charge is -2.16. The Balaban J connectivity index is 3.04. The molecule has 2 N–H and O–H groups in total. The van der Waals surface area contributed by atoms with Gasteiger partial charge in [0.05, 0.1) is 0 Å². The van der Waals surface area contributed by atoms with Crippen LogP contribution in [0.1, 0.15) is 27.7 Å². The highest BCUT2D eigenvalue weighted by atomic mass is 14.8. The standard InChI is InChI=1S/C11H18N2/c1-8(2)10-6-11(3,4)5-9(12)7-13-10/h5-8H,12H2,1-4H3. The van der Waals surface area contributed by atoms with E-state index in [2.05, 4.69) is 38.8 Å². The molecule has 0 bridgehead atoms. The lowest BCUT2D eigenvalue weighted by molar-refractivity contribution is 0.603. The van der Waals surface area contributed by atoms with Crippen LogP contribution in [0.15, 0.2) is 28.5 Å². The maximum Gasteiger partial charge on any atom is 0.0498 e. The Morgan fingerprint density at radius 3 is 2.46 bits per heavy atom. The summed E-state index contributed by atoms with van der Waals surface area (Å²) in [7, 11) is 0. The van der Waals surface area contributed by atoms with Crippen LogP contribution in [-0.2, 0) is 0 Å². The summed E-state index contributed by atoms with van der Waals surface area (Å²) < 4.78 is 0. The maximum atomic E-state index is 5.75. The summed E-state index contributed by atoms with van der Waals surface area (Å²) >= 11 is 0. The molecule has 0 aromatic heterocycles. The minimum absolute atomic E-state index is 0.0141. The van der Waals surface area contributed by atoms with Crippen LogP contribution in [0.5, 0.6) is 0 Å². The molecule has 0 fully saturated rings. The largest absolute Gasteiger partial charge is 0.398 e. The Kier molecular flexibility index (Phi) is 2.60. The van der Waals surface area contributed by atoms with Crippen LogP contribution in [0.3, 0.4) is 0 Å². The maximum absolute atomic E-state index is 5.75. The minimum Gasteiger partial charge on any atom is -0.398 e. The van der Waals surface area contributed by atoms with Gasteiger partial charge >= 0.3 is 0 Å². The fourth-order valence-corrected chi connectivity index (χ4v) is 1.39. The molecular weight excluding hydrogens is 160 g/mol. The van der Waals surface area contributed by atoms with Gasteiger partial charge in [0.2, 0.25) is 0 Å². The summed E-state index contributed by atoms with van der Waals surface area (Å²) in [6.45, 7) is 8.55. The van der Waals surface area contributed by atoms with Gasteiger partial charge in [0.15, 0.2) is 0 Å². The molecule has 1 aliphatic rings. The van der Waals surface area contributed by atoms with Crippen LogP contribution in [0, 0.1) is 11.3 Å². The van der Waals surface area contributed by atoms with Gasteiger partial charge in [-0.3, -0.25) is 4.99 Å². The molecular formula is C11H18N2. The quantitative estimate of drug-likeness (QED) is 0.658. The summed E-state index contributed by atoms with van der Waals surface area (Å²) in [5.74, 6) is 0.454. The molecule has 0 saturated carbocycles. The van der Waals surface area contributed by atoms with E-state index < -0.39 is 0 Å². The molecule has 0 atom stereocenters. The summed E-state index contributed by atoms with van der Waals surface area (Å²) in [6.07, 6.45) is 5.94. The first-order chi connectivity index (χ1) is 5.91. The topological polar surface area (TPSA) is 38.4 Å². The number of hydrogen-bond acceptors (Lipinski definition) is 2. The van der Waals surface area contributed by atoms with Crippen molar-refractivity contribution in [1.82, 2.24) is 0 Å². The molecule has 2 heteroatoms. The first-order valence-corrected chi connectivity index (χ1v) is 4.66. The first kappa shape index (κ1) is 10.0. The van der Waals surface area contributed by atoms with Crippen LogP contribution < -0.4 is 5.73 Å². The second kappa shape index (κ2) is 3.36. The molecule has 72 valence electrons. The summed E-state index contributed by atoms with van der Waals surface area (Å²) in [6, 6.07) is 0. The van der Waals surface area contributed by atoms with E-state index in [1.807, 2.05) is 6.08 Å². The second-order valence-electron chi connectivity index (χ2n) is 4.45. The van der Waals surface area contributed by atoms with Gasteiger partial charge < -0.3 is 5.73 Å². The lowest BCUT2D eigenvalue weighted by Crippen LogP contribution is -2.08. The van der Waals surface area contributed by atoms with Gasteiger partial charge in [0.1, 0.15) is 0 Å². The zero-order valence-corrected chi connectivity index (χ0v) is 8.83. The van der Waals surface area contributed by atoms with E-state index in [1.165, 1.54) is 0 Å². The van der Waals surface area contributed by atoms with Crippen molar-refractivity contribution in [2.24, 2.45) is 22.1 Å². The molecule has 1 heterocycles. The van der Waals surface area contributed by atoms with Gasteiger partial charge in [-0.25, -0.2) is 0 Å². The first-order valence-electron chi connectivity index (χ1n) is 4.66. The third kappa shape index (κ3) is 2.72. The van der Waals surface area contributed by atoms with E-state index in [0.29, 0.717) is 5.92 Å². The summed E-state index contributed by atoms with van der Waals surface area (Å²) in [4.78, 5) is 4.34. The summed E-state index contributed by atoms with van der Waals surface area (Å²) in [5.41, 5.74) is 7.63.